The highest BCUT2D eigenvalue weighted by Crippen LogP contribution is 2.04. The van der Waals surface area contributed by atoms with E-state index in [1.165, 1.54) is 32.4 Å². The number of hydrogen-bond donors (Lipinski definition) is 2. The smallest absolute Gasteiger partial charge is 0.405 e. The van der Waals surface area contributed by atoms with Crippen molar-refractivity contribution in [2.75, 3.05) is 13.1 Å². The lowest BCUT2D eigenvalue weighted by Crippen LogP contribution is -2.27. The minimum atomic E-state index is -0.725. The fourth-order valence-corrected chi connectivity index (χ4v) is 1.10. The molecule has 1 amide bonds. The molecule has 98 valence electrons. The summed E-state index contributed by atoms with van der Waals surface area (Å²) in [6.45, 7) is 11.8. The van der Waals surface area contributed by atoms with Crippen molar-refractivity contribution in [1.29, 1.82) is 0 Å². The molecule has 0 aliphatic carbocycles. The topological polar surface area (TPSA) is 64.3 Å². The van der Waals surface area contributed by atoms with E-state index >= 15 is 0 Å². The van der Waals surface area contributed by atoms with Gasteiger partial charge >= 0.3 is 6.09 Å². The highest BCUT2D eigenvalue weighted by atomic mass is 16.6. The zero-order valence-electron chi connectivity index (χ0n) is 11.4. The Hall–Kier alpha value is -0.770. The number of piperidine rings is 1. The van der Waals surface area contributed by atoms with Crippen LogP contribution in [0.25, 0.3) is 0 Å². The molecular formula is C12H28N2O2. The average molecular weight is 232 g/mol. The van der Waals surface area contributed by atoms with Gasteiger partial charge in [0.2, 0.25) is 0 Å². The molecule has 0 bridgehead atoms. The number of hydrogen-bond acceptors (Lipinski definition) is 3. The molecular weight excluding hydrogens is 204 g/mol. The van der Waals surface area contributed by atoms with Gasteiger partial charge in [-0.15, -0.1) is 0 Å². The minimum Gasteiger partial charge on any atom is -0.444 e. The predicted octanol–water partition coefficient (Wildman–Crippen LogP) is 2.67. The maximum atomic E-state index is 10.0. The average Bonchev–Trinajstić information content (AvgIpc) is 2.20. The Morgan fingerprint density at radius 1 is 1.12 bits per heavy atom. The Labute approximate surface area is 99.9 Å². The number of amides is 1. The van der Waals surface area contributed by atoms with Gasteiger partial charge in [-0.2, -0.15) is 0 Å². The van der Waals surface area contributed by atoms with Crippen LogP contribution in [0.1, 0.15) is 53.9 Å². The zero-order chi connectivity index (χ0) is 13.0. The van der Waals surface area contributed by atoms with Crippen LogP contribution in [0.2, 0.25) is 0 Å². The quantitative estimate of drug-likeness (QED) is 0.675. The highest BCUT2D eigenvalue weighted by Gasteiger charge is 2.12. The fraction of sp³-hybridized carbons (Fsp3) is 0.917. The lowest BCUT2D eigenvalue weighted by Gasteiger charge is -2.16. The maximum Gasteiger partial charge on any atom is 0.405 e. The molecule has 1 fully saturated rings. The summed E-state index contributed by atoms with van der Waals surface area (Å²) in [6, 6.07) is 0. The molecule has 16 heavy (non-hydrogen) atoms. The number of nitrogens with two attached hydrogens (primary N) is 1. The van der Waals surface area contributed by atoms with E-state index in [1.807, 2.05) is 13.8 Å². The standard InChI is InChI=1S/C5H11NO2.C5H11N.C2H6/c1-5(2,3)8-4(6)7;1-2-4-6-5-3-1;1-2/h1-3H3,(H2,6,7);6H,1-5H2;1-2H3. The second-order valence-corrected chi connectivity index (χ2v) is 4.34. The molecule has 0 aromatic heterocycles. The summed E-state index contributed by atoms with van der Waals surface area (Å²) in [4.78, 5) is 10.0. The van der Waals surface area contributed by atoms with E-state index in [0.717, 1.165) is 0 Å². The van der Waals surface area contributed by atoms with E-state index < -0.39 is 11.7 Å². The van der Waals surface area contributed by atoms with E-state index in [1.54, 1.807) is 20.8 Å². The van der Waals surface area contributed by atoms with Crippen molar-refractivity contribution in [3.8, 4) is 0 Å². The van der Waals surface area contributed by atoms with Crippen LogP contribution in [0, 0.1) is 0 Å². The highest BCUT2D eigenvalue weighted by molar-refractivity contribution is 5.65. The molecule has 1 saturated heterocycles. The predicted molar refractivity (Wildman–Crippen MR) is 68.5 cm³/mol. The van der Waals surface area contributed by atoms with Crippen molar-refractivity contribution in [2.24, 2.45) is 5.73 Å². The molecule has 4 heteroatoms. The summed E-state index contributed by atoms with van der Waals surface area (Å²) in [7, 11) is 0. The number of carbonyl (C=O) groups excluding carboxylic acids is 1. The van der Waals surface area contributed by atoms with Gasteiger partial charge < -0.3 is 15.8 Å². The monoisotopic (exact) mass is 232 g/mol. The van der Waals surface area contributed by atoms with Gasteiger partial charge in [0.05, 0.1) is 0 Å². The number of carbonyl (C=O) groups is 1. The van der Waals surface area contributed by atoms with Crippen LogP contribution >= 0.6 is 0 Å². The molecule has 0 radical (unpaired) electrons. The molecule has 4 nitrogen and oxygen atoms in total. The Kier molecular flexibility index (Phi) is 11.8. The Balaban J connectivity index is 0. The van der Waals surface area contributed by atoms with Crippen LogP contribution in [0.5, 0.6) is 0 Å². The van der Waals surface area contributed by atoms with Crippen molar-refractivity contribution >= 4 is 6.09 Å². The summed E-state index contributed by atoms with van der Waals surface area (Å²) < 4.78 is 4.58. The molecule has 0 aromatic carbocycles. The molecule has 0 unspecified atom stereocenters. The Morgan fingerprint density at radius 2 is 1.56 bits per heavy atom. The molecule has 0 aromatic rings. The Bertz CT molecular complexity index is 149. The van der Waals surface area contributed by atoms with E-state index in [-0.39, 0.29) is 0 Å². The number of rotatable bonds is 0. The molecule has 1 aliphatic heterocycles. The third kappa shape index (κ3) is 18.9. The van der Waals surface area contributed by atoms with Gasteiger partial charge in [-0.1, -0.05) is 20.3 Å². The van der Waals surface area contributed by atoms with Crippen LogP contribution < -0.4 is 11.1 Å². The van der Waals surface area contributed by atoms with E-state index in [9.17, 15) is 4.79 Å². The second kappa shape index (κ2) is 10.7. The van der Waals surface area contributed by atoms with E-state index in [4.69, 9.17) is 5.73 Å². The van der Waals surface area contributed by atoms with Crippen molar-refractivity contribution in [1.82, 2.24) is 5.32 Å². The van der Waals surface area contributed by atoms with Crippen LogP contribution in [0.3, 0.4) is 0 Å². The van der Waals surface area contributed by atoms with Crippen LogP contribution in [-0.4, -0.2) is 24.8 Å². The normalized spacial score (nSPS) is 14.8. The van der Waals surface area contributed by atoms with Crippen LogP contribution in [0.4, 0.5) is 4.79 Å². The zero-order valence-corrected chi connectivity index (χ0v) is 11.4. The Morgan fingerprint density at radius 3 is 1.62 bits per heavy atom. The SMILES string of the molecule is C1CCNCC1.CC.CC(C)(C)OC(N)=O. The lowest BCUT2D eigenvalue weighted by molar-refractivity contribution is 0.0600. The van der Waals surface area contributed by atoms with Crippen LogP contribution in [-0.2, 0) is 4.74 Å². The molecule has 0 spiro atoms. The number of primary amides is 1. The van der Waals surface area contributed by atoms with E-state index in [0.29, 0.717) is 0 Å². The molecule has 1 rings (SSSR count). The van der Waals surface area contributed by atoms with Gasteiger partial charge in [0.25, 0.3) is 0 Å². The molecule has 1 heterocycles. The van der Waals surface area contributed by atoms with Crippen molar-refractivity contribution in [3.63, 3.8) is 0 Å². The maximum absolute atomic E-state index is 10.0. The van der Waals surface area contributed by atoms with E-state index in [2.05, 4.69) is 10.1 Å². The first-order chi connectivity index (χ1) is 7.42. The lowest BCUT2D eigenvalue weighted by atomic mass is 10.2. The molecule has 1 aliphatic rings. The van der Waals surface area contributed by atoms with Gasteiger partial charge in [0.15, 0.2) is 0 Å². The summed E-state index contributed by atoms with van der Waals surface area (Å²) in [6.07, 6.45) is 3.49. The van der Waals surface area contributed by atoms with Gasteiger partial charge in [-0.3, -0.25) is 0 Å². The van der Waals surface area contributed by atoms with Gasteiger partial charge in [-0.25, -0.2) is 4.79 Å². The van der Waals surface area contributed by atoms with Crippen molar-refractivity contribution < 1.29 is 9.53 Å². The first kappa shape index (κ1) is 17.6. The van der Waals surface area contributed by atoms with Crippen molar-refractivity contribution in [2.45, 2.75) is 59.5 Å². The van der Waals surface area contributed by atoms with Gasteiger partial charge in [0.1, 0.15) is 5.60 Å². The first-order valence-corrected chi connectivity index (χ1v) is 6.11. The first-order valence-electron chi connectivity index (χ1n) is 6.11. The molecule has 0 saturated carbocycles. The molecule has 0 atom stereocenters. The van der Waals surface area contributed by atoms with Gasteiger partial charge in [-0.05, 0) is 46.7 Å². The van der Waals surface area contributed by atoms with Gasteiger partial charge in [0, 0.05) is 0 Å². The minimum absolute atomic E-state index is 0.453. The third-order valence-corrected chi connectivity index (χ3v) is 1.61. The summed E-state index contributed by atoms with van der Waals surface area (Å²) in [5.74, 6) is 0. The second-order valence-electron chi connectivity index (χ2n) is 4.34. The summed E-state index contributed by atoms with van der Waals surface area (Å²) >= 11 is 0. The third-order valence-electron chi connectivity index (χ3n) is 1.61. The van der Waals surface area contributed by atoms with Crippen LogP contribution in [0.15, 0.2) is 0 Å². The van der Waals surface area contributed by atoms with Crippen molar-refractivity contribution in [3.05, 3.63) is 0 Å². The largest absolute Gasteiger partial charge is 0.444 e. The summed E-state index contributed by atoms with van der Waals surface area (Å²) in [5, 5.41) is 3.28. The number of ether oxygens (including phenoxy) is 1. The molecule has 3 N–H and O–H groups in total. The number of nitrogens with one attached hydrogen (secondary N) is 1. The summed E-state index contributed by atoms with van der Waals surface area (Å²) in [5.41, 5.74) is 4.26. The fourth-order valence-electron chi connectivity index (χ4n) is 1.10.